The number of hydrogen-bond acceptors (Lipinski definition) is 11. The van der Waals surface area contributed by atoms with Gasteiger partial charge in [0.05, 0.1) is 11.5 Å². The van der Waals surface area contributed by atoms with Gasteiger partial charge in [0.25, 0.3) is 0 Å². The Labute approximate surface area is 268 Å². The van der Waals surface area contributed by atoms with Crippen LogP contribution in [0, 0.1) is 17.3 Å². The molecule has 11 heteroatoms. The minimum Gasteiger partial charge on any atom is -0.462 e. The minimum atomic E-state index is -1.42. The molecule has 2 saturated carbocycles. The Kier molecular flexibility index (Phi) is 10.6. The lowest BCUT2D eigenvalue weighted by Gasteiger charge is -2.58. The topological polar surface area (TPSA) is 152 Å². The molecule has 1 aromatic rings. The lowest BCUT2D eigenvalue weighted by atomic mass is 9.53. The first-order valence-corrected chi connectivity index (χ1v) is 15.3. The van der Waals surface area contributed by atoms with Gasteiger partial charge in [-0.15, -0.1) is 0 Å². The van der Waals surface area contributed by atoms with E-state index in [9.17, 15) is 29.1 Å². The number of carbonyl (C=O) groups excluding carboxylic acids is 5. The van der Waals surface area contributed by atoms with Crippen LogP contribution in [0.1, 0.15) is 66.4 Å². The van der Waals surface area contributed by atoms with Gasteiger partial charge in [-0.2, -0.15) is 0 Å². The third-order valence-electron chi connectivity index (χ3n) is 9.32. The second-order valence-electron chi connectivity index (χ2n) is 12.5. The van der Waals surface area contributed by atoms with Gasteiger partial charge in [-0.25, -0.2) is 4.79 Å². The largest absolute Gasteiger partial charge is 0.462 e. The zero-order valence-electron chi connectivity index (χ0n) is 27.0. The van der Waals surface area contributed by atoms with Crippen molar-refractivity contribution in [3.05, 3.63) is 65.3 Å². The van der Waals surface area contributed by atoms with Crippen LogP contribution in [0.5, 0.6) is 0 Å². The number of aliphatic hydroxyl groups excluding tert-OH is 1. The van der Waals surface area contributed by atoms with Gasteiger partial charge >= 0.3 is 29.8 Å². The number of carbonyl (C=O) groups is 5. The number of rotatable bonds is 7. The lowest BCUT2D eigenvalue weighted by molar-refractivity contribution is -0.219. The van der Waals surface area contributed by atoms with E-state index < -0.39 is 83.7 Å². The number of ether oxygens (including phenoxy) is 5. The van der Waals surface area contributed by atoms with Gasteiger partial charge in [0.1, 0.15) is 18.3 Å². The number of esters is 5. The maximum Gasteiger partial charge on any atom is 0.331 e. The quantitative estimate of drug-likeness (QED) is 0.200. The van der Waals surface area contributed by atoms with Crippen molar-refractivity contribution in [1.29, 1.82) is 0 Å². The number of benzene rings is 1. The average Bonchev–Trinajstić information content (AvgIpc) is 2.96. The first-order valence-electron chi connectivity index (χ1n) is 15.3. The third kappa shape index (κ3) is 7.25. The van der Waals surface area contributed by atoms with Crippen molar-refractivity contribution in [3.8, 4) is 0 Å². The Balaban J connectivity index is 1.86. The molecule has 0 amide bonds. The molecular formula is C35H42O11. The van der Waals surface area contributed by atoms with Crippen molar-refractivity contribution in [2.24, 2.45) is 17.3 Å². The van der Waals surface area contributed by atoms with Gasteiger partial charge in [-0.1, -0.05) is 43.8 Å². The highest BCUT2D eigenvalue weighted by Gasteiger charge is 2.64. The Morgan fingerprint density at radius 2 is 1.46 bits per heavy atom. The van der Waals surface area contributed by atoms with Crippen LogP contribution in [0.25, 0.3) is 6.08 Å². The molecular weight excluding hydrogens is 596 g/mol. The summed E-state index contributed by atoms with van der Waals surface area (Å²) in [6, 6.07) is 9.16. The van der Waals surface area contributed by atoms with Gasteiger partial charge in [0.2, 0.25) is 0 Å². The molecule has 3 aliphatic carbocycles. The number of aliphatic hydroxyl groups is 1. The van der Waals surface area contributed by atoms with E-state index in [1.807, 2.05) is 30.3 Å². The Morgan fingerprint density at radius 3 is 2.04 bits per heavy atom. The van der Waals surface area contributed by atoms with Gasteiger partial charge in [-0.05, 0) is 54.0 Å². The average molecular weight is 639 g/mol. The molecule has 1 N–H and O–H groups in total. The number of fused-ring (bicyclic) bond motifs is 3. The van der Waals surface area contributed by atoms with Crippen molar-refractivity contribution in [3.63, 3.8) is 0 Å². The molecule has 2 bridgehead atoms. The van der Waals surface area contributed by atoms with Crippen LogP contribution in [0.3, 0.4) is 0 Å². The Hall–Kier alpha value is -4.25. The van der Waals surface area contributed by atoms with E-state index in [4.69, 9.17) is 23.7 Å². The first-order chi connectivity index (χ1) is 21.6. The van der Waals surface area contributed by atoms with Gasteiger partial charge in [0.15, 0.2) is 12.2 Å². The van der Waals surface area contributed by atoms with Gasteiger partial charge in [-0.3, -0.25) is 19.2 Å². The standard InChI is InChI=1S/C35H42O11/c1-18-26-15-25(16-27(18)42-20(3)36)32(41)31-19(2)28(46-30(40)14-13-24-11-9-8-10-12-24)17-29(43-21(4)37)35(31,7)34(45-23(6)39)33(26)44-22(5)38/h8-14,25,27-29,31-34,41H,2,15-17H2,1,3-7H3/b14-13-/t25-,27-,28+,29-,31+,32-,33-,34+,35-/m1/s1. The van der Waals surface area contributed by atoms with Crippen molar-refractivity contribution >= 4 is 35.9 Å². The van der Waals surface area contributed by atoms with Crippen LogP contribution in [0.4, 0.5) is 0 Å². The highest BCUT2D eigenvalue weighted by Crippen LogP contribution is 2.57. The highest BCUT2D eigenvalue weighted by atomic mass is 16.6. The van der Waals surface area contributed by atoms with Crippen LogP contribution >= 0.6 is 0 Å². The summed E-state index contributed by atoms with van der Waals surface area (Å²) < 4.78 is 29.2. The van der Waals surface area contributed by atoms with Crippen molar-refractivity contribution < 1.29 is 52.8 Å². The van der Waals surface area contributed by atoms with Crippen LogP contribution in [-0.2, 0) is 47.7 Å². The fourth-order valence-corrected chi connectivity index (χ4v) is 7.34. The summed E-state index contributed by atoms with van der Waals surface area (Å²) in [6.07, 6.45) is -3.24. The molecule has 2 fully saturated rings. The molecule has 1 aromatic carbocycles. The van der Waals surface area contributed by atoms with Crippen LogP contribution in [0.2, 0.25) is 0 Å². The van der Waals surface area contributed by atoms with Crippen molar-refractivity contribution in [2.45, 2.75) is 97.4 Å². The molecule has 0 unspecified atom stereocenters. The summed E-state index contributed by atoms with van der Waals surface area (Å²) in [5, 5.41) is 12.2. The smallest absolute Gasteiger partial charge is 0.331 e. The molecule has 4 rings (SSSR count). The molecule has 0 saturated heterocycles. The second-order valence-corrected chi connectivity index (χ2v) is 12.5. The van der Waals surface area contributed by atoms with E-state index in [0.717, 1.165) is 5.56 Å². The Morgan fingerprint density at radius 1 is 0.848 bits per heavy atom. The fourth-order valence-electron chi connectivity index (χ4n) is 7.34. The van der Waals surface area contributed by atoms with E-state index in [-0.39, 0.29) is 19.3 Å². The molecule has 3 aliphatic rings. The van der Waals surface area contributed by atoms with Crippen LogP contribution in [0.15, 0.2) is 59.7 Å². The maximum atomic E-state index is 13.0. The van der Waals surface area contributed by atoms with Crippen LogP contribution in [-0.4, -0.2) is 71.6 Å². The van der Waals surface area contributed by atoms with Crippen LogP contribution < -0.4 is 0 Å². The zero-order chi connectivity index (χ0) is 33.9. The van der Waals surface area contributed by atoms with Crippen molar-refractivity contribution in [1.82, 2.24) is 0 Å². The van der Waals surface area contributed by atoms with E-state index in [2.05, 4.69) is 6.58 Å². The summed E-state index contributed by atoms with van der Waals surface area (Å²) in [5.41, 5.74) is 0.823. The molecule has 248 valence electrons. The third-order valence-corrected chi connectivity index (χ3v) is 9.32. The summed E-state index contributed by atoms with van der Waals surface area (Å²) in [5.74, 6) is -4.77. The van der Waals surface area contributed by atoms with E-state index in [1.165, 1.54) is 33.8 Å². The maximum absolute atomic E-state index is 13.0. The number of hydrogen-bond donors (Lipinski definition) is 1. The van der Waals surface area contributed by atoms with Gasteiger partial charge < -0.3 is 28.8 Å². The highest BCUT2D eigenvalue weighted by molar-refractivity contribution is 5.87. The summed E-state index contributed by atoms with van der Waals surface area (Å²) in [6.45, 7) is 12.6. The predicted molar refractivity (Wildman–Crippen MR) is 164 cm³/mol. The van der Waals surface area contributed by atoms with E-state index in [1.54, 1.807) is 19.9 Å². The monoisotopic (exact) mass is 638 g/mol. The van der Waals surface area contributed by atoms with Gasteiger partial charge in [0, 0.05) is 46.1 Å². The SMILES string of the molecule is C=C1[C@@H](OC(=O)/C=C\c2ccccc2)C[C@@H](OC(C)=O)[C@@]2(C)[C@@H](OC(C)=O)[C@H](OC(C)=O)C3=C(C)[C@H](OC(C)=O)C[C@@H](C3)[C@@H](O)[C@H]12. The van der Waals surface area contributed by atoms with E-state index >= 15 is 0 Å². The summed E-state index contributed by atoms with van der Waals surface area (Å²) >= 11 is 0. The summed E-state index contributed by atoms with van der Waals surface area (Å²) in [7, 11) is 0. The first kappa shape index (κ1) is 34.6. The second kappa shape index (κ2) is 14.0. The molecule has 0 radical (unpaired) electrons. The minimum absolute atomic E-state index is 0.0631. The molecule has 46 heavy (non-hydrogen) atoms. The predicted octanol–water partition coefficient (Wildman–Crippen LogP) is 4.02. The molecule has 11 nitrogen and oxygen atoms in total. The Bertz CT molecular complexity index is 1440. The molecule has 9 atom stereocenters. The summed E-state index contributed by atoms with van der Waals surface area (Å²) in [4.78, 5) is 62.9. The molecule has 0 aromatic heterocycles. The molecule has 0 spiro atoms. The normalized spacial score (nSPS) is 32.4. The molecule has 0 heterocycles. The zero-order valence-corrected chi connectivity index (χ0v) is 27.0. The molecule has 0 aliphatic heterocycles. The fraction of sp³-hybridized carbons (Fsp3) is 0.514. The lowest BCUT2D eigenvalue weighted by Crippen LogP contribution is -2.66. The van der Waals surface area contributed by atoms with Crippen molar-refractivity contribution in [2.75, 3.05) is 0 Å². The van der Waals surface area contributed by atoms with E-state index in [0.29, 0.717) is 16.7 Å².